The number of benzene rings is 3. The average Bonchev–Trinajstić information content (AvgIpc) is 3.77. The van der Waals surface area contributed by atoms with Gasteiger partial charge in [-0.05, 0) is 110 Å². The van der Waals surface area contributed by atoms with Gasteiger partial charge in [-0.25, -0.2) is 0 Å². The van der Waals surface area contributed by atoms with E-state index in [1.54, 1.807) is 0 Å². The standard InChI is InChI=1S/C38H35N5/c1-26-4-7-29(22-26)23-39-33-16-8-30(9-17-33)38(31-10-18-34(19-11-31)40-24-36-14-5-27(2)42-36)32-12-20-35(21-13-32)41-25-37-15-6-28(3)43-37/h4-21,23-25,38,42-43H,22H2,1-3H3. The van der Waals surface area contributed by atoms with Crippen LogP contribution in [0.3, 0.4) is 0 Å². The Morgan fingerprint density at radius 1 is 0.512 bits per heavy atom. The highest BCUT2D eigenvalue weighted by molar-refractivity contribution is 5.83. The molecule has 0 fully saturated rings. The molecule has 6 rings (SSSR count). The van der Waals surface area contributed by atoms with E-state index in [-0.39, 0.29) is 5.92 Å². The highest BCUT2D eigenvalue weighted by Crippen LogP contribution is 2.35. The zero-order valence-electron chi connectivity index (χ0n) is 24.8. The molecule has 0 atom stereocenters. The smallest absolute Gasteiger partial charge is 0.0630 e. The molecule has 0 saturated heterocycles. The molecule has 5 nitrogen and oxygen atoms in total. The van der Waals surface area contributed by atoms with E-state index < -0.39 is 0 Å². The van der Waals surface area contributed by atoms with E-state index in [2.05, 4.69) is 112 Å². The van der Waals surface area contributed by atoms with E-state index in [1.165, 1.54) is 27.8 Å². The van der Waals surface area contributed by atoms with Crippen molar-refractivity contribution in [2.45, 2.75) is 33.1 Å². The van der Waals surface area contributed by atoms with Crippen LogP contribution in [-0.4, -0.2) is 28.6 Å². The Labute approximate surface area is 253 Å². The molecule has 2 heterocycles. The Bertz CT molecular complexity index is 1750. The molecule has 0 amide bonds. The van der Waals surface area contributed by atoms with Crippen LogP contribution >= 0.6 is 0 Å². The first-order valence-electron chi connectivity index (χ1n) is 14.6. The maximum Gasteiger partial charge on any atom is 0.0630 e. The largest absolute Gasteiger partial charge is 0.358 e. The number of aliphatic imine (C=N–C) groups is 3. The predicted molar refractivity (Wildman–Crippen MR) is 180 cm³/mol. The summed E-state index contributed by atoms with van der Waals surface area (Å²) in [5.74, 6) is 0.0515. The van der Waals surface area contributed by atoms with Crippen molar-refractivity contribution in [3.05, 3.63) is 160 Å². The first-order chi connectivity index (χ1) is 21.0. The second-order valence-corrected chi connectivity index (χ2v) is 11.1. The number of aromatic nitrogens is 2. The van der Waals surface area contributed by atoms with Crippen molar-refractivity contribution < 1.29 is 0 Å². The van der Waals surface area contributed by atoms with E-state index in [9.17, 15) is 0 Å². The van der Waals surface area contributed by atoms with Gasteiger partial charge in [0.15, 0.2) is 0 Å². The minimum Gasteiger partial charge on any atom is -0.358 e. The summed E-state index contributed by atoms with van der Waals surface area (Å²) in [5, 5.41) is 0. The Morgan fingerprint density at radius 2 is 0.930 bits per heavy atom. The second kappa shape index (κ2) is 12.7. The number of hydrogen-bond donors (Lipinski definition) is 2. The van der Waals surface area contributed by atoms with Crippen LogP contribution in [0.25, 0.3) is 0 Å². The zero-order chi connectivity index (χ0) is 29.6. The van der Waals surface area contributed by atoms with Gasteiger partial charge >= 0.3 is 0 Å². The van der Waals surface area contributed by atoms with E-state index in [4.69, 9.17) is 4.99 Å². The van der Waals surface area contributed by atoms with E-state index in [0.29, 0.717) is 0 Å². The van der Waals surface area contributed by atoms with E-state index >= 15 is 0 Å². The average molecular weight is 562 g/mol. The van der Waals surface area contributed by atoms with Crippen LogP contribution in [-0.2, 0) is 0 Å². The molecule has 5 aromatic rings. The Kier molecular flexibility index (Phi) is 8.23. The predicted octanol–water partition coefficient (Wildman–Crippen LogP) is 9.62. The van der Waals surface area contributed by atoms with Gasteiger partial charge in [0.25, 0.3) is 0 Å². The minimum absolute atomic E-state index is 0.0515. The molecule has 0 unspecified atom stereocenters. The van der Waals surface area contributed by atoms with Crippen molar-refractivity contribution in [1.29, 1.82) is 0 Å². The van der Waals surface area contributed by atoms with Crippen molar-refractivity contribution in [3.8, 4) is 0 Å². The van der Waals surface area contributed by atoms with Crippen LogP contribution in [0, 0.1) is 13.8 Å². The third-order valence-electron chi connectivity index (χ3n) is 7.54. The molecule has 5 heteroatoms. The Morgan fingerprint density at radius 3 is 1.28 bits per heavy atom. The first-order valence-corrected chi connectivity index (χ1v) is 14.6. The van der Waals surface area contributed by atoms with Crippen LogP contribution in [0.2, 0.25) is 0 Å². The zero-order valence-corrected chi connectivity index (χ0v) is 24.8. The molecule has 2 N–H and O–H groups in total. The van der Waals surface area contributed by atoms with Crippen LogP contribution in [0.1, 0.15) is 58.7 Å². The van der Waals surface area contributed by atoms with Gasteiger partial charge in [-0.3, -0.25) is 15.0 Å². The van der Waals surface area contributed by atoms with Gasteiger partial charge in [0, 0.05) is 23.5 Å². The molecule has 1 aliphatic rings. The molecule has 0 radical (unpaired) electrons. The molecule has 2 aromatic heterocycles. The molecule has 0 spiro atoms. The number of nitrogens with one attached hydrogen (secondary N) is 2. The molecule has 3 aromatic carbocycles. The van der Waals surface area contributed by atoms with E-state index in [1.807, 2.05) is 56.8 Å². The Balaban J connectivity index is 1.26. The summed E-state index contributed by atoms with van der Waals surface area (Å²) in [6.45, 7) is 6.23. The molecule has 1 aliphatic carbocycles. The topological polar surface area (TPSA) is 68.7 Å². The van der Waals surface area contributed by atoms with Gasteiger partial charge in [0.1, 0.15) is 0 Å². The van der Waals surface area contributed by atoms with Gasteiger partial charge in [-0.2, -0.15) is 0 Å². The number of nitrogens with zero attached hydrogens (tertiary/aromatic N) is 3. The number of aromatic amines is 2. The lowest BCUT2D eigenvalue weighted by molar-refractivity contribution is 0.977. The van der Waals surface area contributed by atoms with Crippen molar-refractivity contribution in [3.63, 3.8) is 0 Å². The fraction of sp³-hybridized carbons (Fsp3) is 0.132. The van der Waals surface area contributed by atoms with Gasteiger partial charge < -0.3 is 9.97 Å². The SMILES string of the molecule is CC1=CC=C(C=Nc2ccc(C(c3ccc(N=Cc4ccc(C)[nH]4)cc3)c3ccc(N=Cc4ccc(C)[nH]4)cc3)cc2)C1. The highest BCUT2D eigenvalue weighted by Gasteiger charge is 2.17. The third kappa shape index (κ3) is 7.14. The third-order valence-corrected chi connectivity index (χ3v) is 7.54. The van der Waals surface area contributed by atoms with Gasteiger partial charge in [-0.1, -0.05) is 54.1 Å². The van der Waals surface area contributed by atoms with Gasteiger partial charge in [0.05, 0.1) is 40.9 Å². The van der Waals surface area contributed by atoms with Crippen molar-refractivity contribution in [2.75, 3.05) is 0 Å². The lowest BCUT2D eigenvalue weighted by Gasteiger charge is -2.19. The molecule has 0 bridgehead atoms. The molecular weight excluding hydrogens is 526 g/mol. The summed E-state index contributed by atoms with van der Waals surface area (Å²) < 4.78 is 0. The summed E-state index contributed by atoms with van der Waals surface area (Å²) in [6.07, 6.45) is 11.0. The molecule has 43 heavy (non-hydrogen) atoms. The fourth-order valence-electron chi connectivity index (χ4n) is 5.26. The number of aryl methyl sites for hydroxylation is 2. The van der Waals surface area contributed by atoms with Crippen LogP contribution in [0.4, 0.5) is 17.1 Å². The van der Waals surface area contributed by atoms with E-state index in [0.717, 1.165) is 46.3 Å². The summed E-state index contributed by atoms with van der Waals surface area (Å²) in [7, 11) is 0. The monoisotopic (exact) mass is 561 g/mol. The molecule has 212 valence electrons. The minimum atomic E-state index is 0.0515. The van der Waals surface area contributed by atoms with Crippen molar-refractivity contribution in [1.82, 2.24) is 9.97 Å². The number of allylic oxidation sites excluding steroid dienone is 4. The fourth-order valence-corrected chi connectivity index (χ4v) is 5.26. The molecule has 0 saturated carbocycles. The lowest BCUT2D eigenvalue weighted by atomic mass is 9.85. The summed E-state index contributed by atoms with van der Waals surface area (Å²) >= 11 is 0. The normalized spacial score (nSPS) is 14.2. The van der Waals surface area contributed by atoms with Crippen LogP contribution in [0.15, 0.2) is 135 Å². The van der Waals surface area contributed by atoms with Gasteiger partial charge in [0.2, 0.25) is 0 Å². The lowest BCUT2D eigenvalue weighted by Crippen LogP contribution is -2.03. The summed E-state index contributed by atoms with van der Waals surface area (Å²) in [6, 6.07) is 33.7. The number of hydrogen-bond acceptors (Lipinski definition) is 3. The maximum atomic E-state index is 4.72. The van der Waals surface area contributed by atoms with Crippen molar-refractivity contribution >= 4 is 35.7 Å². The quantitative estimate of drug-likeness (QED) is 0.133. The second-order valence-electron chi connectivity index (χ2n) is 11.1. The van der Waals surface area contributed by atoms with Crippen LogP contribution < -0.4 is 0 Å². The molecular formula is C38H35N5. The summed E-state index contributed by atoms with van der Waals surface area (Å²) in [5.41, 5.74) is 13.2. The first kappa shape index (κ1) is 27.9. The Hall–Kier alpha value is -5.29. The number of rotatable bonds is 9. The van der Waals surface area contributed by atoms with Crippen molar-refractivity contribution in [2.24, 2.45) is 15.0 Å². The maximum absolute atomic E-state index is 4.72. The van der Waals surface area contributed by atoms with Crippen LogP contribution in [0.5, 0.6) is 0 Å². The summed E-state index contributed by atoms with van der Waals surface area (Å²) in [4.78, 5) is 20.6. The number of H-pyrrole nitrogens is 2. The van der Waals surface area contributed by atoms with Gasteiger partial charge in [-0.15, -0.1) is 0 Å². The molecule has 0 aliphatic heterocycles. The highest BCUT2D eigenvalue weighted by atomic mass is 14.8.